The van der Waals surface area contributed by atoms with Crippen LogP contribution in [0.15, 0.2) is 59.9 Å². The van der Waals surface area contributed by atoms with Crippen molar-refractivity contribution in [1.29, 1.82) is 0 Å². The smallest absolute Gasteiger partial charge is 0.357 e. The Balaban J connectivity index is 2.11. The number of hydrogen-bond donors (Lipinski definition) is 0. The second kappa shape index (κ2) is 8.91. The molecule has 1 aromatic carbocycles. The minimum absolute atomic E-state index is 0.0881. The first-order valence-electron chi connectivity index (χ1n) is 9.17. The number of nitrogens with zero attached hydrogens (tertiary/aromatic N) is 2. The lowest BCUT2D eigenvalue weighted by molar-refractivity contribution is 0.0594. The van der Waals surface area contributed by atoms with Gasteiger partial charge in [-0.05, 0) is 30.7 Å². The van der Waals surface area contributed by atoms with E-state index in [-0.39, 0.29) is 10.6 Å². The normalized spacial score (nSPS) is 11.8. The van der Waals surface area contributed by atoms with E-state index in [1.807, 2.05) is 0 Å². The van der Waals surface area contributed by atoms with Gasteiger partial charge in [-0.1, -0.05) is 31.5 Å². The molecule has 0 saturated carbocycles. The zero-order chi connectivity index (χ0) is 20.9. The van der Waals surface area contributed by atoms with E-state index < -0.39 is 16.0 Å². The fourth-order valence-electron chi connectivity index (χ4n) is 2.86. The molecule has 0 amide bonds. The predicted molar refractivity (Wildman–Crippen MR) is 110 cm³/mol. The molecule has 152 valence electrons. The highest BCUT2D eigenvalue weighted by molar-refractivity contribution is 7.90. The fraction of sp³-hybridized carbons (Fsp3) is 0.238. The molecule has 8 heteroatoms. The average Bonchev–Trinajstić information content (AvgIpc) is 3.19. The Bertz CT molecular complexity index is 1130. The summed E-state index contributed by atoms with van der Waals surface area (Å²) in [5, 5.41) is 0.551. The number of rotatable bonds is 8. The molecule has 29 heavy (non-hydrogen) atoms. The van der Waals surface area contributed by atoms with Gasteiger partial charge in [0.05, 0.1) is 36.6 Å². The number of carbonyl (C=O) groups is 1. The van der Waals surface area contributed by atoms with Crippen molar-refractivity contribution in [3.8, 4) is 0 Å². The van der Waals surface area contributed by atoms with Gasteiger partial charge in [-0.15, -0.1) is 0 Å². The van der Waals surface area contributed by atoms with Crippen molar-refractivity contribution in [3.63, 3.8) is 0 Å². The van der Waals surface area contributed by atoms with E-state index in [2.05, 4.69) is 11.9 Å². The van der Waals surface area contributed by atoms with E-state index in [0.29, 0.717) is 23.1 Å². The molecule has 0 radical (unpaired) electrons. The summed E-state index contributed by atoms with van der Waals surface area (Å²) in [5.74, 6) is -0.612. The molecule has 0 unspecified atom stereocenters. The third kappa shape index (κ3) is 4.17. The largest absolute Gasteiger partial charge is 0.501 e. The van der Waals surface area contributed by atoms with Crippen LogP contribution in [0, 0.1) is 0 Å². The van der Waals surface area contributed by atoms with Crippen LogP contribution in [0.1, 0.15) is 35.8 Å². The summed E-state index contributed by atoms with van der Waals surface area (Å²) in [4.78, 5) is 16.5. The molecule has 0 aliphatic heterocycles. The predicted octanol–water partition coefficient (Wildman–Crippen LogP) is 3.85. The highest BCUT2D eigenvalue weighted by Crippen LogP contribution is 2.27. The van der Waals surface area contributed by atoms with Gasteiger partial charge in [-0.3, -0.25) is 0 Å². The molecular formula is C21H22N2O5S. The van der Waals surface area contributed by atoms with Gasteiger partial charge in [0.25, 0.3) is 10.0 Å². The average molecular weight is 414 g/mol. The minimum atomic E-state index is -3.81. The number of methoxy groups -OCH3 is 1. The lowest BCUT2D eigenvalue weighted by Gasteiger charge is -2.09. The van der Waals surface area contributed by atoms with Gasteiger partial charge < -0.3 is 9.47 Å². The molecule has 7 nitrogen and oxygen atoms in total. The van der Waals surface area contributed by atoms with E-state index in [1.54, 1.807) is 30.3 Å². The summed E-state index contributed by atoms with van der Waals surface area (Å²) in [6.07, 6.45) is 7.81. The molecule has 0 fully saturated rings. The number of benzene rings is 1. The number of ether oxygens (including phenoxy) is 2. The second-order valence-corrected chi connectivity index (χ2v) is 8.08. The Kier molecular flexibility index (Phi) is 6.33. The molecule has 0 atom stereocenters. The molecule has 0 bridgehead atoms. The maximum Gasteiger partial charge on any atom is 0.357 e. The van der Waals surface area contributed by atoms with Crippen LogP contribution in [0.25, 0.3) is 17.0 Å². The number of aromatic nitrogens is 2. The van der Waals surface area contributed by atoms with Crippen LogP contribution in [0.5, 0.6) is 0 Å². The van der Waals surface area contributed by atoms with Crippen LogP contribution >= 0.6 is 0 Å². The highest BCUT2D eigenvalue weighted by atomic mass is 32.2. The second-order valence-electron chi connectivity index (χ2n) is 6.27. The number of fused-ring (bicyclic) bond motifs is 1. The highest BCUT2D eigenvalue weighted by Gasteiger charge is 2.22. The summed E-state index contributed by atoms with van der Waals surface area (Å²) in [6, 6.07) is 9.76. The molecule has 0 saturated heterocycles. The summed E-state index contributed by atoms with van der Waals surface area (Å²) in [5.41, 5.74) is 0.882. The van der Waals surface area contributed by atoms with Crippen molar-refractivity contribution >= 4 is 33.0 Å². The van der Waals surface area contributed by atoms with Gasteiger partial charge >= 0.3 is 5.97 Å². The Morgan fingerprint density at radius 2 is 1.97 bits per heavy atom. The van der Waals surface area contributed by atoms with Crippen LogP contribution in [0.4, 0.5) is 0 Å². The van der Waals surface area contributed by atoms with Crippen molar-refractivity contribution in [2.45, 2.75) is 24.7 Å². The molecule has 0 N–H and O–H groups in total. The Labute approximate surface area is 169 Å². The van der Waals surface area contributed by atoms with E-state index in [9.17, 15) is 13.2 Å². The summed E-state index contributed by atoms with van der Waals surface area (Å²) in [6.45, 7) is 2.61. The van der Waals surface area contributed by atoms with E-state index in [4.69, 9.17) is 9.47 Å². The number of esters is 1. The molecular weight excluding hydrogens is 392 g/mol. The molecule has 3 rings (SSSR count). The minimum Gasteiger partial charge on any atom is -0.501 e. The zero-order valence-corrected chi connectivity index (χ0v) is 17.1. The van der Waals surface area contributed by atoms with Gasteiger partial charge in [0.1, 0.15) is 0 Å². The van der Waals surface area contributed by atoms with Gasteiger partial charge in [-0.25, -0.2) is 22.2 Å². The summed E-state index contributed by atoms with van der Waals surface area (Å²) in [7, 11) is -2.54. The monoisotopic (exact) mass is 414 g/mol. The van der Waals surface area contributed by atoms with Gasteiger partial charge in [0.2, 0.25) is 0 Å². The lowest BCUT2D eigenvalue weighted by Crippen LogP contribution is -2.12. The summed E-state index contributed by atoms with van der Waals surface area (Å²) >= 11 is 0. The van der Waals surface area contributed by atoms with Crippen molar-refractivity contribution in [1.82, 2.24) is 8.96 Å². The first-order valence-corrected chi connectivity index (χ1v) is 10.6. The van der Waals surface area contributed by atoms with Gasteiger partial charge in [0, 0.05) is 17.1 Å². The molecule has 2 aromatic heterocycles. The van der Waals surface area contributed by atoms with Crippen molar-refractivity contribution in [3.05, 3.63) is 66.3 Å². The van der Waals surface area contributed by atoms with Crippen LogP contribution < -0.4 is 0 Å². The van der Waals surface area contributed by atoms with Crippen LogP contribution in [0.2, 0.25) is 0 Å². The van der Waals surface area contributed by atoms with Gasteiger partial charge in [-0.2, -0.15) is 0 Å². The molecule has 0 spiro atoms. The quantitative estimate of drug-likeness (QED) is 0.316. The number of hydrogen-bond acceptors (Lipinski definition) is 6. The first kappa shape index (κ1) is 20.6. The van der Waals surface area contributed by atoms with Crippen LogP contribution in [-0.4, -0.2) is 37.1 Å². The first-order chi connectivity index (χ1) is 14.0. The zero-order valence-electron chi connectivity index (χ0n) is 16.2. The molecule has 2 heterocycles. The van der Waals surface area contributed by atoms with Crippen molar-refractivity contribution in [2.75, 3.05) is 13.7 Å². The van der Waals surface area contributed by atoms with E-state index in [0.717, 1.165) is 16.8 Å². The van der Waals surface area contributed by atoms with Gasteiger partial charge in [0.15, 0.2) is 5.69 Å². The summed E-state index contributed by atoms with van der Waals surface area (Å²) < 4.78 is 37.5. The van der Waals surface area contributed by atoms with E-state index in [1.165, 1.54) is 37.9 Å². The third-order valence-corrected chi connectivity index (χ3v) is 6.08. The number of pyridine rings is 1. The SMILES string of the molecule is CCCCOC=Cc1c(C(=O)OC)ncc2c1ccn2S(=O)(=O)c1ccccc1. The maximum atomic E-state index is 13.0. The Morgan fingerprint density at radius 3 is 2.66 bits per heavy atom. The number of carbonyl (C=O) groups excluding carboxylic acids is 1. The maximum absolute atomic E-state index is 13.0. The standard InChI is InChI=1S/C21H22N2O5S/c1-3-4-13-28-14-11-18-17-10-12-23(19(17)15-22-20(18)21(24)27-2)29(25,26)16-8-6-5-7-9-16/h5-12,14-15H,3-4,13H2,1-2H3. The fourth-order valence-corrected chi connectivity index (χ4v) is 4.21. The van der Waals surface area contributed by atoms with Crippen LogP contribution in [-0.2, 0) is 19.5 Å². The lowest BCUT2D eigenvalue weighted by atomic mass is 10.1. The number of unbranched alkanes of at least 4 members (excludes halogenated alkanes) is 1. The molecule has 0 aliphatic carbocycles. The van der Waals surface area contributed by atoms with Crippen molar-refractivity contribution in [2.24, 2.45) is 0 Å². The third-order valence-electron chi connectivity index (χ3n) is 4.38. The van der Waals surface area contributed by atoms with Crippen molar-refractivity contribution < 1.29 is 22.7 Å². The topological polar surface area (TPSA) is 87.5 Å². The molecule has 0 aliphatic rings. The van der Waals surface area contributed by atoms with Crippen LogP contribution in [0.3, 0.4) is 0 Å². The Morgan fingerprint density at radius 1 is 1.21 bits per heavy atom. The van der Waals surface area contributed by atoms with E-state index >= 15 is 0 Å². The molecule has 3 aromatic rings. The Hall–Kier alpha value is -3.13.